The zero-order chi connectivity index (χ0) is 10.4. The molecule has 1 aromatic heterocycles. The Kier molecular flexibility index (Phi) is 4.12. The Labute approximate surface area is 83.9 Å². The summed E-state index contributed by atoms with van der Waals surface area (Å²) in [5.74, 6) is 1.34. The quantitative estimate of drug-likeness (QED) is 0.696. The molecule has 0 aliphatic carbocycles. The largest absolute Gasteiger partial charge is 0.385 e. The Balaban J connectivity index is 2.47. The van der Waals surface area contributed by atoms with Crippen molar-refractivity contribution in [1.82, 2.24) is 9.97 Å². The Morgan fingerprint density at radius 2 is 2.29 bits per heavy atom. The van der Waals surface area contributed by atoms with Crippen molar-refractivity contribution < 1.29 is 4.74 Å². The van der Waals surface area contributed by atoms with Crippen molar-refractivity contribution in [3.63, 3.8) is 0 Å². The smallest absolute Gasteiger partial charge is 0.133 e. The number of hydrogen-bond donors (Lipinski definition) is 1. The zero-order valence-corrected chi connectivity index (χ0v) is 8.60. The van der Waals surface area contributed by atoms with Crippen LogP contribution in [0.15, 0.2) is 12.4 Å². The van der Waals surface area contributed by atoms with E-state index in [1.54, 1.807) is 13.2 Å². The number of nitrogens with zero attached hydrogens (tertiary/aromatic N) is 3. The molecule has 1 heterocycles. The molecule has 0 radical (unpaired) electrons. The average molecular weight is 196 g/mol. The minimum atomic E-state index is 0.494. The van der Waals surface area contributed by atoms with E-state index < -0.39 is 0 Å². The van der Waals surface area contributed by atoms with Crippen molar-refractivity contribution in [2.45, 2.75) is 6.42 Å². The monoisotopic (exact) mass is 196 g/mol. The van der Waals surface area contributed by atoms with Crippen molar-refractivity contribution >= 4 is 11.6 Å². The minimum absolute atomic E-state index is 0.494. The number of anilines is 2. The van der Waals surface area contributed by atoms with E-state index in [0.717, 1.165) is 25.4 Å². The summed E-state index contributed by atoms with van der Waals surface area (Å²) in [4.78, 5) is 9.97. The highest BCUT2D eigenvalue weighted by atomic mass is 16.5. The molecule has 0 atom stereocenters. The maximum absolute atomic E-state index is 5.55. The van der Waals surface area contributed by atoms with Crippen molar-refractivity contribution in [3.05, 3.63) is 12.4 Å². The molecule has 0 aliphatic heterocycles. The third kappa shape index (κ3) is 3.18. The predicted octanol–water partition coefficient (Wildman–Crippen LogP) is 0.531. The molecule has 1 rings (SSSR count). The molecule has 5 heteroatoms. The molecule has 78 valence electrons. The van der Waals surface area contributed by atoms with Crippen LogP contribution in [0, 0.1) is 0 Å². The van der Waals surface area contributed by atoms with Crippen molar-refractivity contribution in [1.29, 1.82) is 0 Å². The van der Waals surface area contributed by atoms with Crippen LogP contribution in [0.3, 0.4) is 0 Å². The Bertz CT molecular complexity index is 279. The van der Waals surface area contributed by atoms with Gasteiger partial charge in [0.2, 0.25) is 0 Å². The molecule has 1 aromatic rings. The standard InChI is InChI=1S/C9H16N4O/c1-13(4-3-5-14-2)9-6-8(10)11-7-12-9/h6-7H,3-5H2,1-2H3,(H2,10,11,12). The SMILES string of the molecule is COCCCN(C)c1cc(N)ncn1. The Morgan fingerprint density at radius 1 is 1.50 bits per heavy atom. The molecule has 0 saturated carbocycles. The van der Waals surface area contributed by atoms with Crippen molar-refractivity contribution in [2.75, 3.05) is 37.9 Å². The summed E-state index contributed by atoms with van der Waals surface area (Å²) in [6.07, 6.45) is 2.44. The molecule has 2 N–H and O–H groups in total. The van der Waals surface area contributed by atoms with Crippen LogP contribution in [0.2, 0.25) is 0 Å². The van der Waals surface area contributed by atoms with Gasteiger partial charge in [0.15, 0.2) is 0 Å². The first-order valence-electron chi connectivity index (χ1n) is 4.51. The fourth-order valence-electron chi connectivity index (χ4n) is 1.13. The van der Waals surface area contributed by atoms with Crippen molar-refractivity contribution in [2.24, 2.45) is 0 Å². The van der Waals surface area contributed by atoms with E-state index in [1.165, 1.54) is 6.33 Å². The lowest BCUT2D eigenvalue weighted by Crippen LogP contribution is -2.21. The van der Waals surface area contributed by atoms with Crippen LogP contribution < -0.4 is 10.6 Å². The lowest BCUT2D eigenvalue weighted by molar-refractivity contribution is 0.196. The van der Waals surface area contributed by atoms with Gasteiger partial charge in [0.05, 0.1) is 0 Å². The fraction of sp³-hybridized carbons (Fsp3) is 0.556. The third-order valence-corrected chi connectivity index (χ3v) is 1.91. The highest BCUT2D eigenvalue weighted by molar-refractivity contribution is 5.44. The summed E-state index contributed by atoms with van der Waals surface area (Å²) in [5, 5.41) is 0. The summed E-state index contributed by atoms with van der Waals surface area (Å²) in [5.41, 5.74) is 5.55. The number of methoxy groups -OCH3 is 1. The first-order chi connectivity index (χ1) is 6.74. The van der Waals surface area contributed by atoms with Gasteiger partial charge < -0.3 is 15.4 Å². The van der Waals surface area contributed by atoms with Gasteiger partial charge in [-0.2, -0.15) is 0 Å². The summed E-state index contributed by atoms with van der Waals surface area (Å²) in [7, 11) is 3.67. The predicted molar refractivity (Wildman–Crippen MR) is 56.2 cm³/mol. The summed E-state index contributed by atoms with van der Waals surface area (Å²) in [6, 6.07) is 1.76. The molecule has 0 spiro atoms. The van der Waals surface area contributed by atoms with Gasteiger partial charge in [0, 0.05) is 33.4 Å². The second-order valence-electron chi connectivity index (χ2n) is 3.07. The average Bonchev–Trinajstić information content (AvgIpc) is 2.18. The summed E-state index contributed by atoms with van der Waals surface area (Å²) < 4.78 is 4.97. The number of ether oxygens (including phenoxy) is 1. The Morgan fingerprint density at radius 3 is 2.93 bits per heavy atom. The minimum Gasteiger partial charge on any atom is -0.385 e. The van der Waals surface area contributed by atoms with Gasteiger partial charge in [-0.25, -0.2) is 9.97 Å². The van der Waals surface area contributed by atoms with Crippen LogP contribution in [0.25, 0.3) is 0 Å². The normalized spacial score (nSPS) is 10.1. The maximum Gasteiger partial charge on any atom is 0.133 e. The molecule has 14 heavy (non-hydrogen) atoms. The lowest BCUT2D eigenvalue weighted by Gasteiger charge is -2.17. The molecule has 0 amide bonds. The number of nitrogen functional groups attached to an aromatic ring is 1. The first kappa shape index (κ1) is 10.7. The number of hydrogen-bond acceptors (Lipinski definition) is 5. The second-order valence-corrected chi connectivity index (χ2v) is 3.07. The van der Waals surface area contributed by atoms with Crippen LogP contribution in [-0.2, 0) is 4.74 Å². The topological polar surface area (TPSA) is 64.3 Å². The molecule has 0 unspecified atom stereocenters. The van der Waals surface area contributed by atoms with E-state index in [2.05, 4.69) is 9.97 Å². The van der Waals surface area contributed by atoms with Crippen LogP contribution in [0.5, 0.6) is 0 Å². The van der Waals surface area contributed by atoms with Gasteiger partial charge in [0.25, 0.3) is 0 Å². The van der Waals surface area contributed by atoms with Gasteiger partial charge in [-0.05, 0) is 6.42 Å². The molecular weight excluding hydrogens is 180 g/mol. The van der Waals surface area contributed by atoms with Crippen LogP contribution in [-0.4, -0.2) is 37.3 Å². The molecule has 0 fully saturated rings. The van der Waals surface area contributed by atoms with E-state index in [9.17, 15) is 0 Å². The van der Waals surface area contributed by atoms with E-state index in [-0.39, 0.29) is 0 Å². The number of aromatic nitrogens is 2. The van der Waals surface area contributed by atoms with Gasteiger partial charge in [0.1, 0.15) is 18.0 Å². The number of nitrogens with two attached hydrogens (primary N) is 1. The molecule has 5 nitrogen and oxygen atoms in total. The molecule has 0 saturated heterocycles. The first-order valence-corrected chi connectivity index (χ1v) is 4.51. The molecule has 0 aliphatic rings. The second kappa shape index (κ2) is 5.39. The van der Waals surface area contributed by atoms with Gasteiger partial charge in [-0.1, -0.05) is 0 Å². The van der Waals surface area contributed by atoms with Crippen LogP contribution in [0.4, 0.5) is 11.6 Å². The fourth-order valence-corrected chi connectivity index (χ4v) is 1.13. The van der Waals surface area contributed by atoms with Crippen LogP contribution in [0.1, 0.15) is 6.42 Å². The van der Waals surface area contributed by atoms with E-state index >= 15 is 0 Å². The van der Waals surface area contributed by atoms with Gasteiger partial charge in [-0.15, -0.1) is 0 Å². The van der Waals surface area contributed by atoms with E-state index in [0.29, 0.717) is 5.82 Å². The summed E-state index contributed by atoms with van der Waals surface area (Å²) >= 11 is 0. The molecule has 0 bridgehead atoms. The summed E-state index contributed by atoms with van der Waals surface area (Å²) in [6.45, 7) is 1.65. The third-order valence-electron chi connectivity index (χ3n) is 1.91. The zero-order valence-electron chi connectivity index (χ0n) is 8.60. The highest BCUT2D eigenvalue weighted by Crippen LogP contribution is 2.09. The molecular formula is C9H16N4O. The maximum atomic E-state index is 5.55. The van der Waals surface area contributed by atoms with Crippen molar-refractivity contribution in [3.8, 4) is 0 Å². The number of rotatable bonds is 5. The van der Waals surface area contributed by atoms with E-state index in [1.807, 2.05) is 11.9 Å². The Hall–Kier alpha value is -1.36. The van der Waals surface area contributed by atoms with Gasteiger partial charge in [-0.3, -0.25) is 0 Å². The molecule has 0 aromatic carbocycles. The lowest BCUT2D eigenvalue weighted by atomic mass is 10.4. The highest BCUT2D eigenvalue weighted by Gasteiger charge is 2.01. The van der Waals surface area contributed by atoms with Gasteiger partial charge >= 0.3 is 0 Å². The van der Waals surface area contributed by atoms with Crippen LogP contribution >= 0.6 is 0 Å². The van der Waals surface area contributed by atoms with E-state index in [4.69, 9.17) is 10.5 Å².